The summed E-state index contributed by atoms with van der Waals surface area (Å²) >= 11 is 0. The van der Waals surface area contributed by atoms with Crippen molar-refractivity contribution in [3.63, 3.8) is 0 Å². The van der Waals surface area contributed by atoms with Gasteiger partial charge in [-0.25, -0.2) is 4.79 Å². The van der Waals surface area contributed by atoms with E-state index in [1.807, 2.05) is 0 Å². The van der Waals surface area contributed by atoms with Crippen LogP contribution in [0.4, 0.5) is 18.9 Å². The number of aromatic carboxylic acids is 1. The highest BCUT2D eigenvalue weighted by Crippen LogP contribution is 2.32. The third-order valence-corrected chi connectivity index (χ3v) is 3.54. The summed E-state index contributed by atoms with van der Waals surface area (Å²) in [6.07, 6.45) is 0.562. The number of nitrogens with one attached hydrogen (secondary N) is 1. The Balaban J connectivity index is 2.25. The monoisotopic (exact) mass is 287 g/mol. The first-order valence-corrected chi connectivity index (χ1v) is 6.59. The molecule has 1 aromatic rings. The molecule has 1 aliphatic rings. The molecule has 0 amide bonds. The van der Waals surface area contributed by atoms with Crippen molar-refractivity contribution >= 4 is 11.7 Å². The van der Waals surface area contributed by atoms with E-state index in [2.05, 4.69) is 5.32 Å². The van der Waals surface area contributed by atoms with Crippen molar-refractivity contribution in [1.29, 1.82) is 0 Å². The molecule has 1 aliphatic carbocycles. The van der Waals surface area contributed by atoms with Crippen molar-refractivity contribution in [3.05, 3.63) is 29.3 Å². The normalized spacial score (nSPS) is 16.9. The summed E-state index contributed by atoms with van der Waals surface area (Å²) in [6, 6.07) is 2.95. The fourth-order valence-corrected chi connectivity index (χ4v) is 2.49. The average molecular weight is 287 g/mol. The first kappa shape index (κ1) is 14.7. The molecule has 3 nitrogen and oxygen atoms in total. The van der Waals surface area contributed by atoms with E-state index >= 15 is 0 Å². The number of halogens is 3. The molecule has 2 rings (SSSR count). The molecule has 0 radical (unpaired) electrons. The quantitative estimate of drug-likeness (QED) is 0.878. The highest BCUT2D eigenvalue weighted by Gasteiger charge is 2.32. The third kappa shape index (κ3) is 3.43. The molecule has 0 aliphatic heterocycles. The summed E-state index contributed by atoms with van der Waals surface area (Å²) < 4.78 is 37.8. The molecule has 1 aromatic carbocycles. The zero-order valence-electron chi connectivity index (χ0n) is 10.8. The Morgan fingerprint density at radius 1 is 1.20 bits per heavy atom. The molecule has 0 aromatic heterocycles. The molecule has 6 heteroatoms. The van der Waals surface area contributed by atoms with Gasteiger partial charge in [-0.15, -0.1) is 0 Å². The molecule has 0 unspecified atom stereocenters. The molecular weight excluding hydrogens is 271 g/mol. The Hall–Kier alpha value is -1.72. The summed E-state index contributed by atoms with van der Waals surface area (Å²) in [5.74, 6) is -1.35. The lowest BCUT2D eigenvalue weighted by Gasteiger charge is -2.25. The number of hydrogen-bond acceptors (Lipinski definition) is 2. The second-order valence-electron chi connectivity index (χ2n) is 5.04. The fraction of sp³-hybridized carbons (Fsp3) is 0.500. The second-order valence-corrected chi connectivity index (χ2v) is 5.04. The Labute approximate surface area is 114 Å². The van der Waals surface area contributed by atoms with Crippen molar-refractivity contribution in [2.24, 2.45) is 0 Å². The Bertz CT molecular complexity index is 494. The van der Waals surface area contributed by atoms with Crippen LogP contribution >= 0.6 is 0 Å². The minimum atomic E-state index is -4.53. The van der Waals surface area contributed by atoms with Gasteiger partial charge in [0, 0.05) is 11.7 Å². The minimum Gasteiger partial charge on any atom is -0.478 e. The maximum Gasteiger partial charge on any atom is 0.416 e. The largest absolute Gasteiger partial charge is 0.478 e. The highest BCUT2D eigenvalue weighted by molar-refractivity contribution is 5.94. The van der Waals surface area contributed by atoms with Crippen molar-refractivity contribution in [1.82, 2.24) is 0 Å². The molecular formula is C14H16F3NO2. The minimum absolute atomic E-state index is 0.138. The van der Waals surface area contributed by atoms with Crippen LogP contribution in [0, 0.1) is 0 Å². The standard InChI is InChI=1S/C14H16F3NO2/c15-14(16,17)9-6-7-12(11(8-9)13(19)20)18-10-4-2-1-3-5-10/h6-8,10,18H,1-5H2,(H,19,20). The molecule has 0 saturated heterocycles. The van der Waals surface area contributed by atoms with E-state index in [4.69, 9.17) is 5.11 Å². The van der Waals surface area contributed by atoms with Gasteiger partial charge in [-0.05, 0) is 31.0 Å². The van der Waals surface area contributed by atoms with Crippen LogP contribution in [-0.2, 0) is 6.18 Å². The zero-order valence-corrected chi connectivity index (χ0v) is 10.8. The summed E-state index contributed by atoms with van der Waals surface area (Å²) in [7, 11) is 0. The van der Waals surface area contributed by atoms with E-state index in [0.29, 0.717) is 6.07 Å². The SMILES string of the molecule is O=C(O)c1cc(C(F)(F)F)ccc1NC1CCCCC1. The Morgan fingerprint density at radius 2 is 1.85 bits per heavy atom. The summed E-state index contributed by atoms with van der Waals surface area (Å²) in [6.45, 7) is 0. The van der Waals surface area contributed by atoms with E-state index in [1.54, 1.807) is 0 Å². The van der Waals surface area contributed by atoms with Crippen LogP contribution in [0.15, 0.2) is 18.2 Å². The van der Waals surface area contributed by atoms with E-state index in [0.717, 1.165) is 38.2 Å². The molecule has 1 saturated carbocycles. The summed E-state index contributed by atoms with van der Waals surface area (Å²) in [5, 5.41) is 12.1. The lowest BCUT2D eigenvalue weighted by Crippen LogP contribution is -2.23. The first-order valence-electron chi connectivity index (χ1n) is 6.59. The van der Waals surface area contributed by atoms with Crippen LogP contribution in [0.5, 0.6) is 0 Å². The van der Waals surface area contributed by atoms with Gasteiger partial charge in [0.1, 0.15) is 0 Å². The number of alkyl halides is 3. The van der Waals surface area contributed by atoms with Crippen LogP contribution in [0.25, 0.3) is 0 Å². The van der Waals surface area contributed by atoms with E-state index in [1.165, 1.54) is 6.07 Å². The topological polar surface area (TPSA) is 49.3 Å². The van der Waals surface area contributed by atoms with Crippen LogP contribution in [0.2, 0.25) is 0 Å². The molecule has 0 heterocycles. The third-order valence-electron chi connectivity index (χ3n) is 3.54. The van der Waals surface area contributed by atoms with Gasteiger partial charge in [-0.1, -0.05) is 19.3 Å². The van der Waals surface area contributed by atoms with Gasteiger partial charge >= 0.3 is 12.1 Å². The number of rotatable bonds is 3. The molecule has 110 valence electrons. The van der Waals surface area contributed by atoms with Crippen molar-refractivity contribution in [3.8, 4) is 0 Å². The van der Waals surface area contributed by atoms with Crippen LogP contribution in [0.3, 0.4) is 0 Å². The van der Waals surface area contributed by atoms with Gasteiger partial charge < -0.3 is 10.4 Å². The zero-order chi connectivity index (χ0) is 14.8. The molecule has 20 heavy (non-hydrogen) atoms. The molecule has 0 spiro atoms. The van der Waals surface area contributed by atoms with Gasteiger partial charge in [0.25, 0.3) is 0 Å². The lowest BCUT2D eigenvalue weighted by atomic mass is 9.95. The lowest BCUT2D eigenvalue weighted by molar-refractivity contribution is -0.137. The van der Waals surface area contributed by atoms with Crippen LogP contribution in [0.1, 0.15) is 48.0 Å². The maximum absolute atomic E-state index is 12.6. The second kappa shape index (κ2) is 5.73. The highest BCUT2D eigenvalue weighted by atomic mass is 19.4. The van der Waals surface area contributed by atoms with Gasteiger partial charge in [0.05, 0.1) is 11.1 Å². The number of carboxylic acid groups (broad SMARTS) is 1. The van der Waals surface area contributed by atoms with E-state index in [-0.39, 0.29) is 17.3 Å². The van der Waals surface area contributed by atoms with Crippen molar-refractivity contribution in [2.75, 3.05) is 5.32 Å². The number of hydrogen-bond donors (Lipinski definition) is 2. The first-order chi connectivity index (χ1) is 9.38. The van der Waals surface area contributed by atoms with Crippen molar-refractivity contribution < 1.29 is 23.1 Å². The molecule has 2 N–H and O–H groups in total. The predicted octanol–water partition coefficient (Wildman–Crippen LogP) is 4.15. The van der Waals surface area contributed by atoms with E-state index in [9.17, 15) is 18.0 Å². The Morgan fingerprint density at radius 3 is 2.40 bits per heavy atom. The van der Waals surface area contributed by atoms with Crippen LogP contribution in [-0.4, -0.2) is 17.1 Å². The predicted molar refractivity (Wildman–Crippen MR) is 68.9 cm³/mol. The Kier molecular flexibility index (Phi) is 4.20. The van der Waals surface area contributed by atoms with Gasteiger partial charge in [-0.3, -0.25) is 0 Å². The van der Waals surface area contributed by atoms with Crippen molar-refractivity contribution in [2.45, 2.75) is 44.3 Å². The van der Waals surface area contributed by atoms with Gasteiger partial charge in [-0.2, -0.15) is 13.2 Å². The summed E-state index contributed by atoms with van der Waals surface area (Å²) in [5.41, 5.74) is -1.01. The maximum atomic E-state index is 12.6. The molecule has 0 atom stereocenters. The van der Waals surface area contributed by atoms with E-state index < -0.39 is 17.7 Å². The molecule has 0 bridgehead atoms. The summed E-state index contributed by atoms with van der Waals surface area (Å²) in [4.78, 5) is 11.1. The van der Waals surface area contributed by atoms with Crippen LogP contribution < -0.4 is 5.32 Å². The number of benzene rings is 1. The van der Waals surface area contributed by atoms with Gasteiger partial charge in [0.2, 0.25) is 0 Å². The number of carbonyl (C=O) groups is 1. The molecule has 1 fully saturated rings. The smallest absolute Gasteiger partial charge is 0.416 e. The average Bonchev–Trinajstić information content (AvgIpc) is 2.38. The number of anilines is 1. The number of carboxylic acids is 1. The van der Waals surface area contributed by atoms with Gasteiger partial charge in [0.15, 0.2) is 0 Å². The fourth-order valence-electron chi connectivity index (χ4n) is 2.49.